The highest BCUT2D eigenvalue weighted by molar-refractivity contribution is 7.98. The van der Waals surface area contributed by atoms with E-state index in [4.69, 9.17) is 11.6 Å². The van der Waals surface area contributed by atoms with E-state index >= 15 is 0 Å². The van der Waals surface area contributed by atoms with Crippen molar-refractivity contribution >= 4 is 34.7 Å². The summed E-state index contributed by atoms with van der Waals surface area (Å²) in [6.07, 6.45) is -3.65. The molecule has 0 unspecified atom stereocenters. The lowest BCUT2D eigenvalue weighted by Crippen LogP contribution is -2.07. The van der Waals surface area contributed by atoms with Gasteiger partial charge in [0.05, 0.1) is 15.5 Å². The Morgan fingerprint density at radius 1 is 1.24 bits per heavy atom. The number of halogens is 4. The zero-order chi connectivity index (χ0) is 18.2. The average Bonchev–Trinajstić information content (AvgIpc) is 2.96. The smallest absolute Gasteiger partial charge is 0.276 e. The Bertz CT molecular complexity index is 944. The minimum Gasteiger partial charge on any atom is -0.276 e. The predicted molar refractivity (Wildman–Crippen MR) is 85.7 cm³/mol. The van der Waals surface area contributed by atoms with Crippen LogP contribution in [0.25, 0.3) is 5.65 Å². The maximum Gasteiger partial charge on any atom is 0.417 e. The van der Waals surface area contributed by atoms with Gasteiger partial charge in [-0.15, -0.1) is 10.2 Å². The van der Waals surface area contributed by atoms with Crippen molar-refractivity contribution in [3.05, 3.63) is 62.8 Å². The van der Waals surface area contributed by atoms with Gasteiger partial charge in [-0.1, -0.05) is 35.5 Å². The van der Waals surface area contributed by atoms with Crippen LogP contribution in [0.1, 0.15) is 11.1 Å². The molecule has 0 bridgehead atoms. The summed E-state index contributed by atoms with van der Waals surface area (Å²) in [5.74, 6) is 0.354. The monoisotopic (exact) mass is 388 g/mol. The van der Waals surface area contributed by atoms with Gasteiger partial charge < -0.3 is 0 Å². The molecule has 0 fully saturated rings. The maximum absolute atomic E-state index is 12.9. The molecule has 2 aromatic heterocycles. The Labute approximate surface area is 147 Å². The quantitative estimate of drug-likeness (QED) is 0.371. The molecule has 0 atom stereocenters. The van der Waals surface area contributed by atoms with E-state index in [1.54, 1.807) is 12.1 Å². The third kappa shape index (κ3) is 3.69. The first-order valence-electron chi connectivity index (χ1n) is 6.73. The van der Waals surface area contributed by atoms with E-state index < -0.39 is 16.7 Å². The molecule has 0 saturated heterocycles. The summed E-state index contributed by atoms with van der Waals surface area (Å²) in [4.78, 5) is 10.1. The summed E-state index contributed by atoms with van der Waals surface area (Å²) < 4.78 is 39.9. The molecule has 3 rings (SSSR count). The fourth-order valence-electron chi connectivity index (χ4n) is 2.05. The third-order valence-electron chi connectivity index (χ3n) is 3.27. The molecular weight excluding hydrogens is 381 g/mol. The van der Waals surface area contributed by atoms with Crippen LogP contribution in [0.5, 0.6) is 0 Å². The summed E-state index contributed by atoms with van der Waals surface area (Å²) in [6, 6.07) is 6.66. The normalized spacial score (nSPS) is 11.8. The van der Waals surface area contributed by atoms with Gasteiger partial charge in [-0.2, -0.15) is 13.2 Å². The van der Waals surface area contributed by atoms with Crippen molar-refractivity contribution in [1.82, 2.24) is 14.6 Å². The molecule has 0 N–H and O–H groups in total. The minimum absolute atomic E-state index is 0.0386. The summed E-state index contributed by atoms with van der Waals surface area (Å²) in [5, 5.41) is 18.4. The van der Waals surface area contributed by atoms with Crippen LogP contribution in [0.15, 0.2) is 41.7 Å². The average molecular weight is 389 g/mol. The Morgan fingerprint density at radius 3 is 2.52 bits per heavy atom. The van der Waals surface area contributed by atoms with Gasteiger partial charge >= 0.3 is 6.18 Å². The van der Waals surface area contributed by atoms with Crippen LogP contribution in [-0.2, 0) is 11.9 Å². The molecule has 0 radical (unpaired) electrons. The second kappa shape index (κ2) is 6.52. The molecule has 0 aliphatic carbocycles. The molecule has 0 aliphatic rings. The van der Waals surface area contributed by atoms with E-state index in [1.807, 2.05) is 0 Å². The number of aromatic nitrogens is 3. The van der Waals surface area contributed by atoms with Crippen LogP contribution in [0.4, 0.5) is 18.9 Å². The molecule has 0 amide bonds. The van der Waals surface area contributed by atoms with Crippen molar-refractivity contribution in [1.29, 1.82) is 0 Å². The number of pyridine rings is 1. The number of hydrogen-bond acceptors (Lipinski definition) is 5. The zero-order valence-electron chi connectivity index (χ0n) is 12.2. The van der Waals surface area contributed by atoms with E-state index in [2.05, 4.69) is 10.2 Å². The van der Waals surface area contributed by atoms with Gasteiger partial charge in [-0.25, -0.2) is 0 Å². The first-order valence-corrected chi connectivity index (χ1v) is 8.09. The molecule has 2 heterocycles. The number of nitro benzene ring substituents is 1. The molecule has 6 nitrogen and oxygen atoms in total. The largest absolute Gasteiger partial charge is 0.417 e. The van der Waals surface area contributed by atoms with Crippen LogP contribution in [0.2, 0.25) is 5.02 Å². The molecule has 0 spiro atoms. The van der Waals surface area contributed by atoms with Crippen molar-refractivity contribution in [3.8, 4) is 0 Å². The third-order valence-corrected chi connectivity index (χ3v) is 4.56. The topological polar surface area (TPSA) is 73.3 Å². The molecule has 130 valence electrons. The second-order valence-corrected chi connectivity index (χ2v) is 6.31. The Kier molecular flexibility index (Phi) is 4.56. The number of nitro groups is 1. The van der Waals surface area contributed by atoms with E-state index in [0.29, 0.717) is 5.75 Å². The molecule has 1 aromatic carbocycles. The lowest BCUT2D eigenvalue weighted by molar-refractivity contribution is -0.384. The van der Waals surface area contributed by atoms with Crippen molar-refractivity contribution in [3.63, 3.8) is 0 Å². The minimum atomic E-state index is -4.54. The number of non-ortho nitro benzene ring substituents is 1. The predicted octanol–water partition coefficient (Wildman–Crippen LogP) is 4.60. The van der Waals surface area contributed by atoms with Crippen molar-refractivity contribution < 1.29 is 18.1 Å². The summed E-state index contributed by atoms with van der Waals surface area (Å²) in [7, 11) is 0. The Morgan fingerprint density at radius 2 is 1.92 bits per heavy atom. The number of alkyl halides is 3. The van der Waals surface area contributed by atoms with Gasteiger partial charge in [-0.05, 0) is 11.6 Å². The van der Waals surface area contributed by atoms with E-state index in [1.165, 1.54) is 16.5 Å². The van der Waals surface area contributed by atoms with Crippen LogP contribution in [-0.4, -0.2) is 19.5 Å². The maximum atomic E-state index is 12.9. The molecule has 0 saturated carbocycles. The Balaban J connectivity index is 1.86. The van der Waals surface area contributed by atoms with E-state index in [9.17, 15) is 23.3 Å². The molecule has 11 heteroatoms. The zero-order valence-corrected chi connectivity index (χ0v) is 13.8. The summed E-state index contributed by atoms with van der Waals surface area (Å²) >= 11 is 6.99. The van der Waals surface area contributed by atoms with E-state index in [0.717, 1.165) is 29.6 Å². The highest BCUT2D eigenvalue weighted by Gasteiger charge is 2.32. The van der Waals surface area contributed by atoms with Gasteiger partial charge in [-0.3, -0.25) is 14.5 Å². The van der Waals surface area contributed by atoms with Gasteiger partial charge in [0.15, 0.2) is 10.8 Å². The lowest BCUT2D eigenvalue weighted by Gasteiger charge is -2.08. The first-order chi connectivity index (χ1) is 11.8. The Hall–Kier alpha value is -2.33. The number of rotatable bonds is 4. The van der Waals surface area contributed by atoms with Crippen molar-refractivity contribution in [2.45, 2.75) is 17.1 Å². The summed E-state index contributed by atoms with van der Waals surface area (Å²) in [5.41, 5.74) is -0.0587. The number of nitrogens with zero attached hydrogens (tertiary/aromatic N) is 4. The van der Waals surface area contributed by atoms with E-state index in [-0.39, 0.29) is 21.5 Å². The van der Waals surface area contributed by atoms with Crippen molar-refractivity contribution in [2.24, 2.45) is 0 Å². The molecule has 25 heavy (non-hydrogen) atoms. The molecule has 3 aromatic rings. The van der Waals surface area contributed by atoms with Crippen LogP contribution < -0.4 is 0 Å². The fraction of sp³-hybridized carbons (Fsp3) is 0.143. The van der Waals surface area contributed by atoms with Crippen LogP contribution >= 0.6 is 23.4 Å². The van der Waals surface area contributed by atoms with Gasteiger partial charge in [0, 0.05) is 24.1 Å². The molecular formula is C14H8ClF3N4O2S. The van der Waals surface area contributed by atoms with Gasteiger partial charge in [0.2, 0.25) is 0 Å². The fourth-order valence-corrected chi connectivity index (χ4v) is 3.16. The molecule has 0 aliphatic heterocycles. The number of fused-ring (bicyclic) bond motifs is 1. The lowest BCUT2D eigenvalue weighted by atomic mass is 10.2. The SMILES string of the molecule is O=[N+]([O-])c1ccc(CSc2nnc3c(Cl)cc(C(F)(F)F)cn23)cc1. The number of thioether (sulfide) groups is 1. The summed E-state index contributed by atoms with van der Waals surface area (Å²) in [6.45, 7) is 0. The van der Waals surface area contributed by atoms with Gasteiger partial charge in [0.1, 0.15) is 0 Å². The van der Waals surface area contributed by atoms with Crippen LogP contribution in [0.3, 0.4) is 0 Å². The number of hydrogen-bond donors (Lipinski definition) is 0. The van der Waals surface area contributed by atoms with Crippen molar-refractivity contribution in [2.75, 3.05) is 0 Å². The standard InChI is InChI=1S/C14H8ClF3N4O2S/c15-11-5-9(14(16,17)18)6-21-12(11)19-20-13(21)25-7-8-1-3-10(4-2-8)22(23)24/h1-6H,7H2. The highest BCUT2D eigenvalue weighted by Crippen LogP contribution is 2.33. The second-order valence-electron chi connectivity index (χ2n) is 4.96. The number of benzene rings is 1. The first kappa shape index (κ1) is 17.5. The van der Waals surface area contributed by atoms with Crippen LogP contribution in [0, 0.1) is 10.1 Å². The highest BCUT2D eigenvalue weighted by atomic mass is 35.5. The van der Waals surface area contributed by atoms with Gasteiger partial charge in [0.25, 0.3) is 5.69 Å².